The molecule has 0 radical (unpaired) electrons. The van der Waals surface area contributed by atoms with E-state index in [-0.39, 0.29) is 5.91 Å². The van der Waals surface area contributed by atoms with Gasteiger partial charge in [0, 0.05) is 40.5 Å². The Morgan fingerprint density at radius 3 is 2.66 bits per heavy atom. The smallest absolute Gasteiger partial charge is 0.221 e. The summed E-state index contributed by atoms with van der Waals surface area (Å²) in [6.45, 7) is 11.3. The predicted octanol–water partition coefficient (Wildman–Crippen LogP) is 6.38. The van der Waals surface area contributed by atoms with Gasteiger partial charge in [-0.1, -0.05) is 48.0 Å². The second kappa shape index (κ2) is 9.04. The first-order valence-electron chi connectivity index (χ1n) is 9.99. The number of hydrogen-bond donors (Lipinski definition) is 2. The number of carbonyl (C=O) groups excluding carboxylic acids is 1. The van der Waals surface area contributed by atoms with Crippen LogP contribution in [0.1, 0.15) is 18.1 Å². The molecular weight excluding hydrogens is 422 g/mol. The van der Waals surface area contributed by atoms with Crippen molar-refractivity contribution in [1.82, 2.24) is 10.2 Å². The summed E-state index contributed by atoms with van der Waals surface area (Å²) in [4.78, 5) is 15.0. The Labute approximate surface area is 191 Å². The van der Waals surface area contributed by atoms with E-state index in [2.05, 4.69) is 25.7 Å². The minimum Gasteiger partial charge on any atom is -0.364 e. The fourth-order valence-electron chi connectivity index (χ4n) is 3.44. The molecule has 7 heteroatoms. The summed E-state index contributed by atoms with van der Waals surface area (Å²) in [5, 5.41) is 17.4. The number of amides is 1. The third-order valence-electron chi connectivity index (χ3n) is 5.05. The number of anilines is 2. The Morgan fingerprint density at radius 1 is 1.06 bits per heavy atom. The van der Waals surface area contributed by atoms with Gasteiger partial charge in [-0.3, -0.25) is 4.79 Å². The van der Waals surface area contributed by atoms with Crippen LogP contribution in [0.4, 0.5) is 17.2 Å². The standard InChI is InChI=1S/C25H20ClN5O/c1-15-7-8-17(11-23(15)26)14-28-25-22-13-19(27-3)9-10-21(22)24(30-31-25)18-5-4-6-20(12-18)29-16(2)32/h4-13H,14H2,1-2H3,(H,28,31)(H,29,32). The van der Waals surface area contributed by atoms with Crippen LogP contribution in [0.15, 0.2) is 60.7 Å². The Bertz CT molecular complexity index is 1380. The molecule has 4 rings (SSSR count). The lowest BCUT2D eigenvalue weighted by molar-refractivity contribution is -0.114. The highest BCUT2D eigenvalue weighted by Crippen LogP contribution is 2.33. The molecule has 0 saturated carbocycles. The average Bonchev–Trinajstić information content (AvgIpc) is 2.79. The van der Waals surface area contributed by atoms with Gasteiger partial charge in [0.15, 0.2) is 11.5 Å². The molecule has 0 aliphatic carbocycles. The topological polar surface area (TPSA) is 71.3 Å². The Kier molecular flexibility index (Phi) is 6.02. The summed E-state index contributed by atoms with van der Waals surface area (Å²) >= 11 is 6.25. The molecule has 32 heavy (non-hydrogen) atoms. The molecule has 1 aromatic heterocycles. The molecule has 0 aliphatic heterocycles. The lowest BCUT2D eigenvalue weighted by Crippen LogP contribution is -2.06. The van der Waals surface area contributed by atoms with Crippen molar-refractivity contribution in [2.45, 2.75) is 20.4 Å². The zero-order valence-electron chi connectivity index (χ0n) is 17.6. The molecule has 2 N–H and O–H groups in total. The molecule has 1 heterocycles. The molecule has 1 amide bonds. The number of halogens is 1. The molecule has 0 unspecified atom stereocenters. The first kappa shape index (κ1) is 21.3. The molecule has 158 valence electrons. The minimum atomic E-state index is -0.143. The number of nitrogens with one attached hydrogen (secondary N) is 2. The molecule has 3 aromatic carbocycles. The number of fused-ring (bicyclic) bond motifs is 1. The highest BCUT2D eigenvalue weighted by molar-refractivity contribution is 6.31. The number of nitrogens with zero attached hydrogens (tertiary/aromatic N) is 3. The third-order valence-corrected chi connectivity index (χ3v) is 5.45. The highest BCUT2D eigenvalue weighted by Gasteiger charge is 2.13. The van der Waals surface area contributed by atoms with Gasteiger partial charge in [-0.25, -0.2) is 4.85 Å². The van der Waals surface area contributed by atoms with Crippen molar-refractivity contribution in [3.63, 3.8) is 0 Å². The molecule has 0 spiro atoms. The average molecular weight is 442 g/mol. The number of aromatic nitrogens is 2. The van der Waals surface area contributed by atoms with Crippen molar-refractivity contribution < 1.29 is 4.79 Å². The van der Waals surface area contributed by atoms with E-state index in [9.17, 15) is 4.79 Å². The van der Waals surface area contributed by atoms with Crippen LogP contribution in [0.5, 0.6) is 0 Å². The van der Waals surface area contributed by atoms with Gasteiger partial charge < -0.3 is 10.6 Å². The Hall–Kier alpha value is -3.95. The Morgan fingerprint density at radius 2 is 1.91 bits per heavy atom. The molecule has 0 atom stereocenters. The second-order valence-corrected chi connectivity index (χ2v) is 7.85. The summed E-state index contributed by atoms with van der Waals surface area (Å²) in [6, 6.07) is 18.8. The van der Waals surface area contributed by atoms with E-state index in [4.69, 9.17) is 18.2 Å². The van der Waals surface area contributed by atoms with Crippen LogP contribution in [-0.2, 0) is 11.3 Å². The number of carbonyl (C=O) groups is 1. The number of benzene rings is 3. The summed E-state index contributed by atoms with van der Waals surface area (Å²) in [6.07, 6.45) is 0. The molecule has 4 aromatic rings. The summed E-state index contributed by atoms with van der Waals surface area (Å²) in [5.74, 6) is 0.444. The van der Waals surface area contributed by atoms with Crippen molar-refractivity contribution in [1.29, 1.82) is 0 Å². The van der Waals surface area contributed by atoms with E-state index < -0.39 is 0 Å². The maximum Gasteiger partial charge on any atom is 0.221 e. The van der Waals surface area contributed by atoms with Crippen molar-refractivity contribution in [2.75, 3.05) is 10.6 Å². The molecule has 0 saturated heterocycles. The van der Waals surface area contributed by atoms with Gasteiger partial charge in [0.1, 0.15) is 5.69 Å². The van der Waals surface area contributed by atoms with E-state index in [1.165, 1.54) is 6.92 Å². The predicted molar refractivity (Wildman–Crippen MR) is 129 cm³/mol. The number of rotatable bonds is 5. The molecule has 0 aliphatic rings. The van der Waals surface area contributed by atoms with Crippen molar-refractivity contribution in [3.05, 3.63) is 88.2 Å². The Balaban J connectivity index is 1.75. The summed E-state index contributed by atoms with van der Waals surface area (Å²) in [5.41, 5.74) is 4.73. The van der Waals surface area contributed by atoms with Crippen LogP contribution in [0.3, 0.4) is 0 Å². The van der Waals surface area contributed by atoms with Gasteiger partial charge in [-0.05, 0) is 42.3 Å². The van der Waals surface area contributed by atoms with Crippen LogP contribution >= 0.6 is 11.6 Å². The van der Waals surface area contributed by atoms with Crippen LogP contribution in [-0.4, -0.2) is 16.1 Å². The fourth-order valence-corrected chi connectivity index (χ4v) is 3.64. The van der Waals surface area contributed by atoms with Crippen molar-refractivity contribution >= 4 is 45.5 Å². The SMILES string of the molecule is [C-]#[N+]c1ccc2c(-c3cccc(NC(C)=O)c3)nnc(NCc3ccc(C)c(Cl)c3)c2c1. The van der Waals surface area contributed by atoms with E-state index in [1.54, 1.807) is 6.07 Å². The monoisotopic (exact) mass is 441 g/mol. The second-order valence-electron chi connectivity index (χ2n) is 7.44. The first-order valence-corrected chi connectivity index (χ1v) is 10.4. The maximum absolute atomic E-state index is 11.4. The quantitative estimate of drug-likeness (QED) is 0.352. The fraction of sp³-hybridized carbons (Fsp3) is 0.120. The summed E-state index contributed by atoms with van der Waals surface area (Å²) < 4.78 is 0. The van der Waals surface area contributed by atoms with Gasteiger partial charge in [-0.15, -0.1) is 10.2 Å². The highest BCUT2D eigenvalue weighted by atomic mass is 35.5. The van der Waals surface area contributed by atoms with Crippen molar-refractivity contribution in [2.24, 2.45) is 0 Å². The van der Waals surface area contributed by atoms with E-state index >= 15 is 0 Å². The van der Waals surface area contributed by atoms with E-state index in [0.29, 0.717) is 34.5 Å². The van der Waals surface area contributed by atoms with Crippen LogP contribution in [0.2, 0.25) is 5.02 Å². The lowest BCUT2D eigenvalue weighted by Gasteiger charge is -2.13. The van der Waals surface area contributed by atoms with Crippen LogP contribution in [0, 0.1) is 13.5 Å². The molecule has 6 nitrogen and oxygen atoms in total. The zero-order chi connectivity index (χ0) is 22.7. The molecule has 0 bridgehead atoms. The van der Waals surface area contributed by atoms with Gasteiger partial charge >= 0.3 is 0 Å². The molecule has 0 fully saturated rings. The van der Waals surface area contributed by atoms with Crippen molar-refractivity contribution in [3.8, 4) is 11.3 Å². The minimum absolute atomic E-state index is 0.143. The van der Waals surface area contributed by atoms with E-state index in [1.807, 2.05) is 61.5 Å². The maximum atomic E-state index is 11.4. The van der Waals surface area contributed by atoms with Gasteiger partial charge in [0.2, 0.25) is 5.91 Å². The van der Waals surface area contributed by atoms with E-state index in [0.717, 1.165) is 27.5 Å². The lowest BCUT2D eigenvalue weighted by atomic mass is 10.0. The largest absolute Gasteiger partial charge is 0.364 e. The van der Waals surface area contributed by atoms with Gasteiger partial charge in [0.25, 0.3) is 0 Å². The zero-order valence-corrected chi connectivity index (χ0v) is 18.4. The summed E-state index contributed by atoms with van der Waals surface area (Å²) in [7, 11) is 0. The molecular formula is C25H20ClN5O. The van der Waals surface area contributed by atoms with Crippen LogP contribution < -0.4 is 10.6 Å². The van der Waals surface area contributed by atoms with Gasteiger partial charge in [0.05, 0.1) is 6.57 Å². The first-order chi connectivity index (χ1) is 15.4. The third kappa shape index (κ3) is 4.53. The normalized spacial score (nSPS) is 10.6. The number of aryl methyl sites for hydroxylation is 1. The number of hydrogen-bond acceptors (Lipinski definition) is 4. The van der Waals surface area contributed by atoms with Gasteiger partial charge in [-0.2, -0.15) is 0 Å². The van der Waals surface area contributed by atoms with Crippen LogP contribution in [0.25, 0.3) is 26.9 Å².